The number of thiophene rings is 1. The number of carbonyl (C=O) groups is 1. The number of thiocarbonyl (C=S) groups is 1. The Morgan fingerprint density at radius 1 is 1.19 bits per heavy atom. The lowest BCUT2D eigenvalue weighted by molar-refractivity contribution is 0.0982. The van der Waals surface area contributed by atoms with Gasteiger partial charge in [0.25, 0.3) is 5.91 Å². The minimum absolute atomic E-state index is 0.216. The molecule has 0 bridgehead atoms. The summed E-state index contributed by atoms with van der Waals surface area (Å²) >= 11 is 12.9. The van der Waals surface area contributed by atoms with Gasteiger partial charge in [-0.3, -0.25) is 10.1 Å². The van der Waals surface area contributed by atoms with E-state index in [1.54, 1.807) is 0 Å². The summed E-state index contributed by atoms with van der Waals surface area (Å²) < 4.78 is 6.59. The number of halogens is 1. The molecule has 0 aliphatic carbocycles. The summed E-state index contributed by atoms with van der Waals surface area (Å²) in [6.45, 7) is 2.82. The Labute approximate surface area is 172 Å². The highest BCUT2D eigenvalue weighted by atomic mass is 35.5. The Balaban J connectivity index is 1.59. The predicted octanol–water partition coefficient (Wildman–Crippen LogP) is 5.86. The summed E-state index contributed by atoms with van der Waals surface area (Å²) in [5.74, 6) is 0.485. The number of unbranched alkanes of at least 4 members (excludes halogenated alkanes) is 1. The van der Waals surface area contributed by atoms with E-state index in [1.165, 1.54) is 11.3 Å². The second-order valence-electron chi connectivity index (χ2n) is 5.88. The van der Waals surface area contributed by atoms with Gasteiger partial charge >= 0.3 is 0 Å². The molecule has 0 atom stereocenters. The third kappa shape index (κ3) is 4.97. The molecule has 3 rings (SSSR count). The number of ether oxygens (including phenoxy) is 1. The molecule has 3 aromatic rings. The van der Waals surface area contributed by atoms with Crippen LogP contribution in [0.2, 0.25) is 5.02 Å². The number of hydrogen-bond donors (Lipinski definition) is 2. The van der Waals surface area contributed by atoms with Crippen LogP contribution in [0.3, 0.4) is 0 Å². The van der Waals surface area contributed by atoms with Gasteiger partial charge in [0.05, 0.1) is 11.6 Å². The van der Waals surface area contributed by atoms with E-state index >= 15 is 0 Å². The molecular weight excluding hydrogens is 400 g/mol. The number of amides is 1. The molecule has 0 aliphatic heterocycles. The van der Waals surface area contributed by atoms with Crippen molar-refractivity contribution in [2.75, 3.05) is 11.9 Å². The van der Waals surface area contributed by atoms with Crippen molar-refractivity contribution in [3.05, 3.63) is 58.4 Å². The molecule has 0 fully saturated rings. The fourth-order valence-corrected chi connectivity index (χ4v) is 4.07. The van der Waals surface area contributed by atoms with Crippen molar-refractivity contribution in [3.63, 3.8) is 0 Å². The van der Waals surface area contributed by atoms with E-state index < -0.39 is 0 Å². The van der Waals surface area contributed by atoms with Crippen LogP contribution < -0.4 is 15.4 Å². The second kappa shape index (κ2) is 9.17. The van der Waals surface area contributed by atoms with Crippen LogP contribution in [0.5, 0.6) is 5.75 Å². The zero-order chi connectivity index (χ0) is 19.2. The molecule has 2 N–H and O–H groups in total. The van der Waals surface area contributed by atoms with Crippen LogP contribution in [0.25, 0.3) is 10.1 Å². The van der Waals surface area contributed by atoms with Gasteiger partial charge in [0.15, 0.2) is 5.11 Å². The lowest BCUT2D eigenvalue weighted by atomic mass is 10.2. The van der Waals surface area contributed by atoms with Gasteiger partial charge in [0, 0.05) is 15.8 Å². The van der Waals surface area contributed by atoms with E-state index in [1.807, 2.05) is 48.5 Å². The number of rotatable bonds is 6. The molecule has 0 saturated carbocycles. The standard InChI is InChI=1S/C20H19ClN2O2S2/c1-2-3-12-25-14-10-8-13(9-11-14)22-20(26)23-19(24)18-17(21)15-6-4-5-7-16(15)27-18/h4-11H,2-3,12H2,1H3,(H2,22,23,24,26). The highest BCUT2D eigenvalue weighted by Crippen LogP contribution is 2.34. The maximum atomic E-state index is 12.5. The van der Waals surface area contributed by atoms with Gasteiger partial charge in [-0.05, 0) is 49.0 Å². The molecule has 140 valence electrons. The zero-order valence-corrected chi connectivity index (χ0v) is 17.1. The van der Waals surface area contributed by atoms with Crippen molar-refractivity contribution >= 4 is 61.9 Å². The minimum Gasteiger partial charge on any atom is -0.494 e. The predicted molar refractivity (Wildman–Crippen MR) is 117 cm³/mol. The minimum atomic E-state index is -0.321. The Morgan fingerprint density at radius 2 is 1.93 bits per heavy atom. The first-order valence-corrected chi connectivity index (χ1v) is 10.2. The van der Waals surface area contributed by atoms with E-state index in [0.717, 1.165) is 34.4 Å². The van der Waals surface area contributed by atoms with Crippen molar-refractivity contribution in [3.8, 4) is 5.75 Å². The third-order valence-corrected chi connectivity index (χ3v) is 5.73. The van der Waals surface area contributed by atoms with Crippen LogP contribution in [0.4, 0.5) is 5.69 Å². The van der Waals surface area contributed by atoms with Gasteiger partial charge in [-0.25, -0.2) is 0 Å². The molecule has 1 heterocycles. The molecule has 0 saturated heterocycles. The van der Waals surface area contributed by atoms with Crippen molar-refractivity contribution in [1.29, 1.82) is 0 Å². The average Bonchev–Trinajstić information content (AvgIpc) is 3.00. The first kappa shape index (κ1) is 19.6. The van der Waals surface area contributed by atoms with E-state index in [-0.39, 0.29) is 11.0 Å². The van der Waals surface area contributed by atoms with Crippen LogP contribution in [0, 0.1) is 0 Å². The maximum absolute atomic E-state index is 12.5. The Bertz CT molecular complexity index is 954. The van der Waals surface area contributed by atoms with Crippen LogP contribution in [0.1, 0.15) is 29.4 Å². The fraction of sp³-hybridized carbons (Fsp3) is 0.200. The van der Waals surface area contributed by atoms with Crippen molar-refractivity contribution in [2.45, 2.75) is 19.8 Å². The van der Waals surface area contributed by atoms with Crippen LogP contribution in [-0.2, 0) is 0 Å². The van der Waals surface area contributed by atoms with Crippen molar-refractivity contribution in [1.82, 2.24) is 5.32 Å². The Kier molecular flexibility index (Phi) is 6.66. The summed E-state index contributed by atoms with van der Waals surface area (Å²) in [6, 6.07) is 15.1. The van der Waals surface area contributed by atoms with Crippen LogP contribution in [-0.4, -0.2) is 17.6 Å². The highest BCUT2D eigenvalue weighted by molar-refractivity contribution is 7.80. The summed E-state index contributed by atoms with van der Waals surface area (Å²) in [5.41, 5.74) is 0.769. The van der Waals surface area contributed by atoms with Gasteiger partial charge in [0.1, 0.15) is 10.6 Å². The Hall–Kier alpha value is -2.15. The number of anilines is 1. The number of fused-ring (bicyclic) bond motifs is 1. The summed E-state index contributed by atoms with van der Waals surface area (Å²) in [5, 5.41) is 7.21. The van der Waals surface area contributed by atoms with Crippen LogP contribution in [0.15, 0.2) is 48.5 Å². The molecule has 0 aliphatic rings. The molecule has 0 spiro atoms. The van der Waals surface area contributed by atoms with E-state index in [2.05, 4.69) is 17.6 Å². The molecule has 4 nitrogen and oxygen atoms in total. The molecule has 0 unspecified atom stereocenters. The number of hydrogen-bond acceptors (Lipinski definition) is 4. The quantitative estimate of drug-likeness (QED) is 0.388. The van der Waals surface area contributed by atoms with Gasteiger partial charge < -0.3 is 10.1 Å². The third-order valence-electron chi connectivity index (χ3n) is 3.85. The number of carbonyl (C=O) groups excluding carboxylic acids is 1. The topological polar surface area (TPSA) is 50.4 Å². The molecular formula is C20H19ClN2O2S2. The summed E-state index contributed by atoms with van der Waals surface area (Å²) in [7, 11) is 0. The number of benzene rings is 2. The van der Waals surface area contributed by atoms with Gasteiger partial charge in [-0.2, -0.15) is 0 Å². The van der Waals surface area contributed by atoms with E-state index in [0.29, 0.717) is 16.5 Å². The van der Waals surface area contributed by atoms with E-state index in [4.69, 9.17) is 28.6 Å². The normalized spacial score (nSPS) is 10.6. The fourth-order valence-electron chi connectivity index (χ4n) is 2.45. The highest BCUT2D eigenvalue weighted by Gasteiger charge is 2.17. The Morgan fingerprint density at radius 3 is 2.63 bits per heavy atom. The first-order valence-electron chi connectivity index (χ1n) is 8.60. The molecule has 1 aromatic heterocycles. The smallest absolute Gasteiger partial charge is 0.269 e. The van der Waals surface area contributed by atoms with Crippen LogP contribution >= 0.6 is 35.2 Å². The van der Waals surface area contributed by atoms with Crippen molar-refractivity contribution in [2.24, 2.45) is 0 Å². The number of nitrogens with one attached hydrogen (secondary N) is 2. The molecule has 1 amide bonds. The largest absolute Gasteiger partial charge is 0.494 e. The first-order chi connectivity index (χ1) is 13.1. The second-order valence-corrected chi connectivity index (χ2v) is 7.71. The monoisotopic (exact) mass is 418 g/mol. The van der Waals surface area contributed by atoms with Crippen molar-refractivity contribution < 1.29 is 9.53 Å². The van der Waals surface area contributed by atoms with Gasteiger partial charge in [-0.1, -0.05) is 43.1 Å². The molecule has 2 aromatic carbocycles. The zero-order valence-electron chi connectivity index (χ0n) is 14.8. The van der Waals surface area contributed by atoms with Gasteiger partial charge in [0.2, 0.25) is 0 Å². The SMILES string of the molecule is CCCCOc1ccc(NC(=S)NC(=O)c2sc3ccccc3c2Cl)cc1. The molecule has 27 heavy (non-hydrogen) atoms. The average molecular weight is 419 g/mol. The van der Waals surface area contributed by atoms with E-state index in [9.17, 15) is 4.79 Å². The lowest BCUT2D eigenvalue weighted by Gasteiger charge is -2.10. The summed E-state index contributed by atoms with van der Waals surface area (Å²) in [4.78, 5) is 12.9. The lowest BCUT2D eigenvalue weighted by Crippen LogP contribution is -2.33. The maximum Gasteiger partial charge on any atom is 0.269 e. The van der Waals surface area contributed by atoms with Gasteiger partial charge in [-0.15, -0.1) is 11.3 Å². The summed E-state index contributed by atoms with van der Waals surface area (Å²) in [6.07, 6.45) is 2.12. The molecule has 0 radical (unpaired) electrons. The molecule has 7 heteroatoms.